The van der Waals surface area contributed by atoms with Crippen molar-refractivity contribution in [2.45, 2.75) is 37.9 Å². The molecule has 2 unspecified atom stereocenters. The van der Waals surface area contributed by atoms with E-state index in [2.05, 4.69) is 17.1 Å². The molecule has 5 heteroatoms. The minimum absolute atomic E-state index is 0.0812. The van der Waals surface area contributed by atoms with Crippen LogP contribution in [-0.2, 0) is 14.3 Å². The zero-order valence-corrected chi connectivity index (χ0v) is 17.2. The van der Waals surface area contributed by atoms with Gasteiger partial charge in [-0.2, -0.15) is 0 Å². The van der Waals surface area contributed by atoms with Gasteiger partial charge in [0.1, 0.15) is 0 Å². The van der Waals surface area contributed by atoms with Gasteiger partial charge in [-0.05, 0) is 0 Å². The Bertz CT molecular complexity index is 939. The first kappa shape index (κ1) is 16.7. The standard InChI is InChI=1S/C21H21INO3/c1-20-10-11-21(2,26-20)17-16(20)18(24)23(19(17)25)15-9-5-6-12-13(15)7-4-8-14(12)22-3/h4-9,16-17H,10-11H2,1-3H3/q-1/t16-,17+,20?,21?. The molecule has 4 nitrogen and oxygen atoms in total. The molecule has 3 aliphatic rings. The number of benzene rings is 2. The van der Waals surface area contributed by atoms with Gasteiger partial charge in [0.15, 0.2) is 0 Å². The summed E-state index contributed by atoms with van der Waals surface area (Å²) in [4.78, 5) is 30.4. The number of nitrogens with zero attached hydrogens (tertiary/aromatic N) is 1. The second-order valence-electron chi connectivity index (χ2n) is 8.00. The first-order chi connectivity index (χ1) is 12.4. The van der Waals surface area contributed by atoms with Crippen LogP contribution < -0.4 is 26.1 Å². The SMILES string of the molecule is C[I-]c1cccc2c(N3C(=O)[C@@H]4[C@H](C3=O)C3(C)CCC4(C)O3)cccc12. The summed E-state index contributed by atoms with van der Waals surface area (Å²) in [7, 11) is 0. The average Bonchev–Trinajstić information content (AvgIpc) is 3.18. The molecular formula is C21H21INO3-. The number of anilines is 1. The number of carbonyl (C=O) groups excluding carboxylic acids is 2. The molecule has 2 amide bonds. The van der Waals surface area contributed by atoms with Gasteiger partial charge in [0.05, 0.1) is 0 Å². The van der Waals surface area contributed by atoms with Crippen LogP contribution in [0.4, 0.5) is 5.69 Å². The molecule has 0 aliphatic carbocycles. The predicted molar refractivity (Wildman–Crippen MR) is 95.2 cm³/mol. The maximum absolute atomic E-state index is 13.4. The molecule has 2 aromatic rings. The third-order valence-corrected chi connectivity index (χ3v) is 8.60. The summed E-state index contributed by atoms with van der Waals surface area (Å²) in [6.45, 7) is 4.00. The van der Waals surface area contributed by atoms with Crippen molar-refractivity contribution < 1.29 is 35.5 Å². The van der Waals surface area contributed by atoms with Gasteiger partial charge in [0, 0.05) is 0 Å². The quantitative estimate of drug-likeness (QED) is 0.364. The van der Waals surface area contributed by atoms with Gasteiger partial charge < -0.3 is 0 Å². The summed E-state index contributed by atoms with van der Waals surface area (Å²) in [6.07, 6.45) is 1.69. The number of ether oxygens (including phenoxy) is 1. The molecule has 0 aromatic heterocycles. The summed E-state index contributed by atoms with van der Waals surface area (Å²) in [6, 6.07) is 12.2. The fourth-order valence-corrected chi connectivity index (χ4v) is 6.94. The molecule has 0 radical (unpaired) electrons. The third-order valence-electron chi connectivity index (χ3n) is 6.50. The Labute approximate surface area is 163 Å². The van der Waals surface area contributed by atoms with Crippen LogP contribution in [0.1, 0.15) is 26.7 Å². The van der Waals surface area contributed by atoms with Crippen LogP contribution in [0.5, 0.6) is 0 Å². The third kappa shape index (κ3) is 1.93. The predicted octanol–water partition coefficient (Wildman–Crippen LogP) is 0.175. The van der Waals surface area contributed by atoms with Crippen molar-refractivity contribution in [3.05, 3.63) is 40.0 Å². The molecule has 3 heterocycles. The Morgan fingerprint density at radius 2 is 1.54 bits per heavy atom. The number of halogens is 1. The summed E-state index contributed by atoms with van der Waals surface area (Å²) in [5, 5.41) is 2.16. The molecular weight excluding hydrogens is 441 g/mol. The van der Waals surface area contributed by atoms with E-state index in [1.165, 1.54) is 8.47 Å². The number of imide groups is 1. The van der Waals surface area contributed by atoms with E-state index in [0.717, 1.165) is 29.3 Å². The first-order valence-corrected chi connectivity index (χ1v) is 12.2. The summed E-state index contributed by atoms with van der Waals surface area (Å²) >= 11 is -0.0812. The Balaban J connectivity index is 1.68. The Kier molecular flexibility index (Phi) is 3.39. The van der Waals surface area contributed by atoms with Crippen LogP contribution >= 0.6 is 0 Å². The van der Waals surface area contributed by atoms with E-state index in [-0.39, 0.29) is 44.9 Å². The van der Waals surface area contributed by atoms with E-state index in [1.807, 2.05) is 38.1 Å². The van der Waals surface area contributed by atoms with Crippen LogP contribution in [0.3, 0.4) is 0 Å². The van der Waals surface area contributed by atoms with Crippen molar-refractivity contribution in [1.82, 2.24) is 0 Å². The van der Waals surface area contributed by atoms with Gasteiger partial charge in [-0.1, -0.05) is 0 Å². The molecule has 5 rings (SSSR count). The number of amides is 2. The molecule has 3 saturated heterocycles. The fraction of sp³-hybridized carbons (Fsp3) is 0.429. The van der Waals surface area contributed by atoms with Gasteiger partial charge in [0.2, 0.25) is 0 Å². The molecule has 26 heavy (non-hydrogen) atoms. The normalized spacial score (nSPS) is 35.7. The van der Waals surface area contributed by atoms with Crippen LogP contribution in [0, 0.1) is 15.4 Å². The number of hydrogen-bond acceptors (Lipinski definition) is 3. The van der Waals surface area contributed by atoms with E-state index in [0.29, 0.717) is 0 Å². The van der Waals surface area contributed by atoms with Gasteiger partial charge in [0.25, 0.3) is 0 Å². The number of carbonyl (C=O) groups is 2. The summed E-state index contributed by atoms with van der Waals surface area (Å²) < 4.78 is 7.54. The molecule has 136 valence electrons. The van der Waals surface area contributed by atoms with Crippen molar-refractivity contribution in [2.24, 2.45) is 11.8 Å². The van der Waals surface area contributed by atoms with Gasteiger partial charge >= 0.3 is 163 Å². The van der Waals surface area contributed by atoms with E-state index < -0.39 is 11.2 Å². The second-order valence-corrected chi connectivity index (χ2v) is 10.2. The Morgan fingerprint density at radius 1 is 0.962 bits per heavy atom. The van der Waals surface area contributed by atoms with Gasteiger partial charge in [-0.15, -0.1) is 0 Å². The fourth-order valence-electron chi connectivity index (χ4n) is 5.32. The Morgan fingerprint density at radius 3 is 2.15 bits per heavy atom. The topological polar surface area (TPSA) is 46.6 Å². The number of fused-ring (bicyclic) bond motifs is 6. The molecule has 3 fully saturated rings. The van der Waals surface area contributed by atoms with Crippen molar-refractivity contribution in [2.75, 3.05) is 9.83 Å². The summed E-state index contributed by atoms with van der Waals surface area (Å²) in [5.41, 5.74) is -0.283. The van der Waals surface area contributed by atoms with Gasteiger partial charge in [-0.3, -0.25) is 0 Å². The second kappa shape index (κ2) is 5.29. The molecule has 4 atom stereocenters. The van der Waals surface area contributed by atoms with Crippen molar-refractivity contribution in [3.63, 3.8) is 0 Å². The zero-order chi connectivity index (χ0) is 18.3. The van der Waals surface area contributed by atoms with Crippen LogP contribution in [0.15, 0.2) is 36.4 Å². The molecule has 2 aromatic carbocycles. The van der Waals surface area contributed by atoms with Crippen LogP contribution in [0.2, 0.25) is 0 Å². The van der Waals surface area contributed by atoms with Crippen LogP contribution in [0.25, 0.3) is 10.8 Å². The van der Waals surface area contributed by atoms with Crippen molar-refractivity contribution in [3.8, 4) is 0 Å². The number of alkyl halides is 1. The van der Waals surface area contributed by atoms with E-state index >= 15 is 0 Å². The minimum atomic E-state index is -0.508. The summed E-state index contributed by atoms with van der Waals surface area (Å²) in [5.74, 6) is -0.887. The zero-order valence-electron chi connectivity index (χ0n) is 15.1. The van der Waals surface area contributed by atoms with E-state index in [1.54, 1.807) is 0 Å². The first-order valence-electron chi connectivity index (χ1n) is 8.99. The number of rotatable bonds is 2. The van der Waals surface area contributed by atoms with Gasteiger partial charge in [-0.25, -0.2) is 0 Å². The number of hydrogen-bond donors (Lipinski definition) is 0. The van der Waals surface area contributed by atoms with E-state index in [9.17, 15) is 9.59 Å². The molecule has 0 saturated carbocycles. The Hall–Kier alpha value is -1.47. The average molecular weight is 462 g/mol. The molecule has 3 aliphatic heterocycles. The monoisotopic (exact) mass is 462 g/mol. The van der Waals surface area contributed by atoms with Crippen LogP contribution in [-0.4, -0.2) is 27.9 Å². The molecule has 0 spiro atoms. The van der Waals surface area contributed by atoms with E-state index in [4.69, 9.17) is 4.74 Å². The van der Waals surface area contributed by atoms with Crippen molar-refractivity contribution >= 4 is 28.3 Å². The maximum atomic E-state index is 13.4. The molecule has 0 N–H and O–H groups in total. The van der Waals surface area contributed by atoms with Crippen molar-refractivity contribution in [1.29, 1.82) is 0 Å². The molecule has 2 bridgehead atoms.